The maximum absolute atomic E-state index is 11.3. The van der Waals surface area contributed by atoms with Crippen molar-refractivity contribution in [2.24, 2.45) is 5.73 Å². The lowest BCUT2D eigenvalue weighted by Crippen LogP contribution is -2.12. The van der Waals surface area contributed by atoms with Crippen LogP contribution in [0.2, 0.25) is 5.02 Å². The molecule has 16 heavy (non-hydrogen) atoms. The highest BCUT2D eigenvalue weighted by atomic mass is 35.5. The first-order chi connectivity index (χ1) is 7.59. The molecule has 0 fully saturated rings. The summed E-state index contributed by atoms with van der Waals surface area (Å²) in [6.45, 7) is 1.76. The van der Waals surface area contributed by atoms with Gasteiger partial charge in [-0.2, -0.15) is 5.10 Å². The van der Waals surface area contributed by atoms with Gasteiger partial charge in [0, 0.05) is 16.3 Å². The maximum Gasteiger partial charge on any atom is 0.252 e. The number of halogens is 1. The number of benzene rings is 1. The molecule has 1 aromatic heterocycles. The first-order valence-electron chi connectivity index (χ1n) is 4.70. The predicted molar refractivity (Wildman–Crippen MR) is 62.3 cm³/mol. The third-order valence-electron chi connectivity index (χ3n) is 2.31. The van der Waals surface area contributed by atoms with Crippen molar-refractivity contribution in [3.05, 3.63) is 40.5 Å². The molecule has 0 atom stereocenters. The van der Waals surface area contributed by atoms with Crippen molar-refractivity contribution in [2.45, 2.75) is 6.92 Å². The standard InChI is InChI=1S/C11H10ClN3O/c1-6-9(11(13)16)10(15-14-6)7-2-4-8(12)5-3-7/h2-5H,1H3,(H2,13,16)(H,14,15). The van der Waals surface area contributed by atoms with Crippen LogP contribution in [0.15, 0.2) is 24.3 Å². The second-order valence-corrected chi connectivity index (χ2v) is 3.88. The summed E-state index contributed by atoms with van der Waals surface area (Å²) in [6, 6.07) is 7.08. The molecule has 2 rings (SSSR count). The van der Waals surface area contributed by atoms with Gasteiger partial charge >= 0.3 is 0 Å². The van der Waals surface area contributed by atoms with Crippen molar-refractivity contribution >= 4 is 17.5 Å². The van der Waals surface area contributed by atoms with Crippen LogP contribution >= 0.6 is 11.6 Å². The molecule has 0 unspecified atom stereocenters. The zero-order valence-electron chi connectivity index (χ0n) is 8.62. The number of aryl methyl sites for hydroxylation is 1. The highest BCUT2D eigenvalue weighted by molar-refractivity contribution is 6.30. The minimum Gasteiger partial charge on any atom is -0.365 e. The number of hydrogen-bond acceptors (Lipinski definition) is 2. The summed E-state index contributed by atoms with van der Waals surface area (Å²) < 4.78 is 0. The molecule has 3 N–H and O–H groups in total. The smallest absolute Gasteiger partial charge is 0.252 e. The monoisotopic (exact) mass is 235 g/mol. The number of nitrogens with zero attached hydrogens (tertiary/aromatic N) is 1. The average Bonchev–Trinajstić information content (AvgIpc) is 2.61. The number of H-pyrrole nitrogens is 1. The van der Waals surface area contributed by atoms with Gasteiger partial charge < -0.3 is 5.73 Å². The van der Waals surface area contributed by atoms with Crippen molar-refractivity contribution in [2.75, 3.05) is 0 Å². The molecule has 0 saturated carbocycles. The fourth-order valence-electron chi connectivity index (χ4n) is 1.55. The molecule has 1 heterocycles. The molecular weight excluding hydrogens is 226 g/mol. The minimum atomic E-state index is -0.490. The molecule has 0 aliphatic heterocycles. The first kappa shape index (κ1) is 10.7. The summed E-state index contributed by atoms with van der Waals surface area (Å²) in [5, 5.41) is 7.45. The molecule has 4 nitrogen and oxygen atoms in total. The Labute approximate surface area is 97.4 Å². The van der Waals surface area contributed by atoms with Gasteiger partial charge in [0.05, 0.1) is 5.56 Å². The molecule has 0 aliphatic carbocycles. The van der Waals surface area contributed by atoms with E-state index < -0.39 is 5.91 Å². The van der Waals surface area contributed by atoms with Crippen LogP contribution in [-0.2, 0) is 0 Å². The molecule has 0 radical (unpaired) electrons. The van der Waals surface area contributed by atoms with E-state index in [4.69, 9.17) is 17.3 Å². The number of aromatic nitrogens is 2. The maximum atomic E-state index is 11.3. The van der Waals surface area contributed by atoms with Gasteiger partial charge in [0.15, 0.2) is 0 Å². The number of carbonyl (C=O) groups is 1. The number of nitrogens with two attached hydrogens (primary N) is 1. The van der Waals surface area contributed by atoms with Gasteiger partial charge in [-0.05, 0) is 19.1 Å². The Bertz CT molecular complexity index is 531. The van der Waals surface area contributed by atoms with Gasteiger partial charge in [0.1, 0.15) is 5.69 Å². The Morgan fingerprint density at radius 3 is 2.56 bits per heavy atom. The highest BCUT2D eigenvalue weighted by Crippen LogP contribution is 2.24. The third kappa shape index (κ3) is 1.79. The van der Waals surface area contributed by atoms with Crippen LogP contribution in [0.25, 0.3) is 11.3 Å². The molecule has 2 aromatic rings. The van der Waals surface area contributed by atoms with E-state index in [1.165, 1.54) is 0 Å². The summed E-state index contributed by atoms with van der Waals surface area (Å²) >= 11 is 5.79. The van der Waals surface area contributed by atoms with E-state index in [1.54, 1.807) is 31.2 Å². The fraction of sp³-hybridized carbons (Fsp3) is 0.0909. The molecule has 0 spiro atoms. The third-order valence-corrected chi connectivity index (χ3v) is 2.56. The van der Waals surface area contributed by atoms with Crippen LogP contribution in [0.3, 0.4) is 0 Å². The van der Waals surface area contributed by atoms with E-state index in [0.717, 1.165) is 5.56 Å². The lowest BCUT2D eigenvalue weighted by atomic mass is 10.1. The Balaban J connectivity index is 2.56. The summed E-state index contributed by atoms with van der Waals surface area (Å²) in [7, 11) is 0. The van der Waals surface area contributed by atoms with E-state index in [-0.39, 0.29) is 0 Å². The summed E-state index contributed by atoms with van der Waals surface area (Å²) in [5.74, 6) is -0.490. The zero-order valence-corrected chi connectivity index (χ0v) is 9.38. The number of rotatable bonds is 2. The van der Waals surface area contributed by atoms with Gasteiger partial charge in [0.25, 0.3) is 5.91 Å². The number of carbonyl (C=O) groups excluding carboxylic acids is 1. The molecule has 82 valence electrons. The van der Waals surface area contributed by atoms with Crippen molar-refractivity contribution in [1.29, 1.82) is 0 Å². The van der Waals surface area contributed by atoms with Crippen molar-refractivity contribution in [1.82, 2.24) is 10.2 Å². The van der Waals surface area contributed by atoms with Crippen LogP contribution in [0, 0.1) is 6.92 Å². The fourth-order valence-corrected chi connectivity index (χ4v) is 1.67. The van der Waals surface area contributed by atoms with E-state index >= 15 is 0 Å². The summed E-state index contributed by atoms with van der Waals surface area (Å²) in [5.41, 5.74) is 7.75. The number of primary amides is 1. The van der Waals surface area contributed by atoms with Gasteiger partial charge in [-0.1, -0.05) is 23.7 Å². The zero-order chi connectivity index (χ0) is 11.7. The average molecular weight is 236 g/mol. The number of amides is 1. The Morgan fingerprint density at radius 1 is 1.38 bits per heavy atom. The second kappa shape index (κ2) is 3.98. The van der Waals surface area contributed by atoms with E-state index in [9.17, 15) is 4.79 Å². The van der Waals surface area contributed by atoms with Gasteiger partial charge in [0.2, 0.25) is 0 Å². The first-order valence-corrected chi connectivity index (χ1v) is 5.08. The van der Waals surface area contributed by atoms with Crippen molar-refractivity contribution in [3.8, 4) is 11.3 Å². The lowest BCUT2D eigenvalue weighted by Gasteiger charge is -2.00. The molecule has 5 heteroatoms. The van der Waals surface area contributed by atoms with E-state index in [2.05, 4.69) is 10.2 Å². The van der Waals surface area contributed by atoms with Crippen LogP contribution in [0.1, 0.15) is 16.1 Å². The molecular formula is C11H10ClN3O. The Hall–Kier alpha value is -1.81. The van der Waals surface area contributed by atoms with Crippen LogP contribution in [0.4, 0.5) is 0 Å². The molecule has 0 saturated heterocycles. The van der Waals surface area contributed by atoms with Gasteiger partial charge in [-0.3, -0.25) is 9.89 Å². The lowest BCUT2D eigenvalue weighted by molar-refractivity contribution is 0.100. The number of aromatic amines is 1. The molecule has 0 aliphatic rings. The quantitative estimate of drug-likeness (QED) is 0.837. The van der Waals surface area contributed by atoms with E-state index in [0.29, 0.717) is 22.0 Å². The van der Waals surface area contributed by atoms with Crippen LogP contribution < -0.4 is 5.73 Å². The van der Waals surface area contributed by atoms with Crippen molar-refractivity contribution in [3.63, 3.8) is 0 Å². The highest BCUT2D eigenvalue weighted by Gasteiger charge is 2.16. The van der Waals surface area contributed by atoms with Crippen LogP contribution in [0.5, 0.6) is 0 Å². The normalized spacial score (nSPS) is 10.4. The van der Waals surface area contributed by atoms with Crippen LogP contribution in [-0.4, -0.2) is 16.1 Å². The summed E-state index contributed by atoms with van der Waals surface area (Å²) in [6.07, 6.45) is 0. The summed E-state index contributed by atoms with van der Waals surface area (Å²) in [4.78, 5) is 11.3. The minimum absolute atomic E-state index is 0.419. The topological polar surface area (TPSA) is 71.8 Å². The second-order valence-electron chi connectivity index (χ2n) is 3.44. The number of hydrogen-bond donors (Lipinski definition) is 2. The SMILES string of the molecule is Cc1[nH]nc(-c2ccc(Cl)cc2)c1C(N)=O. The largest absolute Gasteiger partial charge is 0.365 e. The molecule has 1 amide bonds. The molecule has 1 aromatic carbocycles. The Morgan fingerprint density at radius 2 is 2.00 bits per heavy atom. The Kier molecular flexibility index (Phi) is 2.66. The molecule has 0 bridgehead atoms. The van der Waals surface area contributed by atoms with Crippen molar-refractivity contribution < 1.29 is 4.79 Å². The van der Waals surface area contributed by atoms with E-state index in [1.807, 2.05) is 0 Å². The van der Waals surface area contributed by atoms with Gasteiger partial charge in [-0.15, -0.1) is 0 Å². The predicted octanol–water partition coefficient (Wildman–Crippen LogP) is 2.14. The van der Waals surface area contributed by atoms with Gasteiger partial charge in [-0.25, -0.2) is 0 Å². The number of nitrogens with one attached hydrogen (secondary N) is 1.